The number of nitrogens with one attached hydrogen (secondary N) is 1. The minimum atomic E-state index is -0.214. The van der Waals surface area contributed by atoms with Gasteiger partial charge in [-0.1, -0.05) is 6.07 Å². The van der Waals surface area contributed by atoms with Gasteiger partial charge in [-0.3, -0.25) is 9.78 Å². The maximum atomic E-state index is 12.3. The predicted octanol–water partition coefficient (Wildman–Crippen LogP) is 2.51. The summed E-state index contributed by atoms with van der Waals surface area (Å²) in [6.45, 7) is 2.33. The van der Waals surface area contributed by atoms with Gasteiger partial charge < -0.3 is 10.1 Å². The summed E-state index contributed by atoms with van der Waals surface area (Å²) >= 11 is 0. The highest BCUT2D eigenvalue weighted by molar-refractivity contribution is 5.92. The molecule has 1 aromatic carbocycles. The van der Waals surface area contributed by atoms with Crippen LogP contribution in [-0.2, 0) is 6.54 Å². The Morgan fingerprint density at radius 3 is 2.71 bits per heavy atom. The summed E-state index contributed by atoms with van der Waals surface area (Å²) in [6.07, 6.45) is 3.42. The van der Waals surface area contributed by atoms with Crippen molar-refractivity contribution in [3.05, 3.63) is 71.8 Å². The number of benzene rings is 1. The van der Waals surface area contributed by atoms with E-state index in [1.807, 2.05) is 43.3 Å². The lowest BCUT2D eigenvalue weighted by atomic mass is 10.3. The molecule has 0 aliphatic rings. The van der Waals surface area contributed by atoms with Crippen LogP contribution in [0.5, 0.6) is 5.75 Å². The van der Waals surface area contributed by atoms with Gasteiger partial charge in [0.15, 0.2) is 5.69 Å². The van der Waals surface area contributed by atoms with Crippen LogP contribution in [-0.4, -0.2) is 27.8 Å². The lowest BCUT2D eigenvalue weighted by Crippen LogP contribution is -2.23. The van der Waals surface area contributed by atoms with Gasteiger partial charge in [-0.2, -0.15) is 5.10 Å². The van der Waals surface area contributed by atoms with Crippen molar-refractivity contribution in [1.29, 1.82) is 0 Å². The molecule has 0 atom stereocenters. The highest BCUT2D eigenvalue weighted by Crippen LogP contribution is 2.16. The first-order chi connectivity index (χ1) is 11.7. The van der Waals surface area contributed by atoms with Crippen LogP contribution in [0, 0.1) is 6.92 Å². The van der Waals surface area contributed by atoms with E-state index < -0.39 is 0 Å². The molecule has 0 spiro atoms. The number of rotatable bonds is 5. The van der Waals surface area contributed by atoms with Gasteiger partial charge in [-0.25, -0.2) is 4.68 Å². The number of nitrogens with zero attached hydrogens (tertiary/aromatic N) is 3. The third kappa shape index (κ3) is 3.43. The molecule has 1 N–H and O–H groups in total. The molecule has 0 saturated carbocycles. The van der Waals surface area contributed by atoms with E-state index in [4.69, 9.17) is 4.74 Å². The van der Waals surface area contributed by atoms with Crippen molar-refractivity contribution in [3.63, 3.8) is 0 Å². The molecule has 3 aromatic rings. The summed E-state index contributed by atoms with van der Waals surface area (Å²) in [5.41, 5.74) is 3.08. The number of hydrogen-bond donors (Lipinski definition) is 1. The fraction of sp³-hybridized carbons (Fsp3) is 0.167. The summed E-state index contributed by atoms with van der Waals surface area (Å²) < 4.78 is 6.89. The molecule has 24 heavy (non-hydrogen) atoms. The molecule has 0 bridgehead atoms. The van der Waals surface area contributed by atoms with Gasteiger partial charge in [0.2, 0.25) is 0 Å². The molecule has 2 aromatic heterocycles. The molecule has 6 nitrogen and oxygen atoms in total. The largest absolute Gasteiger partial charge is 0.497 e. The van der Waals surface area contributed by atoms with Gasteiger partial charge in [0, 0.05) is 24.6 Å². The van der Waals surface area contributed by atoms with E-state index in [0.29, 0.717) is 12.2 Å². The van der Waals surface area contributed by atoms with Crippen molar-refractivity contribution < 1.29 is 9.53 Å². The molecule has 3 rings (SSSR count). The van der Waals surface area contributed by atoms with Gasteiger partial charge in [0.25, 0.3) is 5.91 Å². The lowest BCUT2D eigenvalue weighted by molar-refractivity contribution is 0.0945. The Balaban J connectivity index is 1.74. The number of pyridine rings is 1. The van der Waals surface area contributed by atoms with Crippen molar-refractivity contribution in [2.24, 2.45) is 0 Å². The maximum Gasteiger partial charge on any atom is 0.272 e. The predicted molar refractivity (Wildman–Crippen MR) is 90.3 cm³/mol. The zero-order chi connectivity index (χ0) is 16.9. The summed E-state index contributed by atoms with van der Waals surface area (Å²) in [6, 6.07) is 13.0. The molecule has 6 heteroatoms. The van der Waals surface area contributed by atoms with E-state index in [0.717, 1.165) is 22.7 Å². The van der Waals surface area contributed by atoms with Crippen molar-refractivity contribution in [1.82, 2.24) is 20.1 Å². The van der Waals surface area contributed by atoms with E-state index in [-0.39, 0.29) is 5.91 Å². The molecule has 0 fully saturated rings. The maximum absolute atomic E-state index is 12.3. The van der Waals surface area contributed by atoms with Crippen LogP contribution < -0.4 is 10.1 Å². The van der Waals surface area contributed by atoms with Crippen LogP contribution in [0.25, 0.3) is 5.69 Å². The third-order valence-corrected chi connectivity index (χ3v) is 3.61. The summed E-state index contributed by atoms with van der Waals surface area (Å²) in [5, 5.41) is 7.25. The fourth-order valence-electron chi connectivity index (χ4n) is 2.35. The minimum Gasteiger partial charge on any atom is -0.497 e. The number of ether oxygens (including phenoxy) is 1. The topological polar surface area (TPSA) is 69.0 Å². The van der Waals surface area contributed by atoms with Crippen LogP contribution >= 0.6 is 0 Å². The second-order valence-electron chi connectivity index (χ2n) is 5.32. The number of carbonyl (C=O) groups excluding carboxylic acids is 1. The van der Waals surface area contributed by atoms with Crippen LogP contribution in [0.15, 0.2) is 54.9 Å². The summed E-state index contributed by atoms with van der Waals surface area (Å²) in [4.78, 5) is 16.3. The molecule has 0 aliphatic carbocycles. The Morgan fingerprint density at radius 2 is 2.04 bits per heavy atom. The molecule has 2 heterocycles. The molecule has 1 amide bonds. The highest BCUT2D eigenvalue weighted by Gasteiger charge is 2.13. The van der Waals surface area contributed by atoms with Crippen molar-refractivity contribution in [2.45, 2.75) is 13.5 Å². The number of carbonyl (C=O) groups is 1. The van der Waals surface area contributed by atoms with Gasteiger partial charge in [0.1, 0.15) is 5.75 Å². The summed E-state index contributed by atoms with van der Waals surface area (Å²) in [5.74, 6) is 0.562. The Bertz CT molecular complexity index is 826. The SMILES string of the molecule is COc1ccc(-n2nc(C(=O)NCc3cccnc3)cc2C)cc1. The molecular weight excluding hydrogens is 304 g/mol. The van der Waals surface area contributed by atoms with Crippen molar-refractivity contribution in [2.75, 3.05) is 7.11 Å². The average Bonchev–Trinajstić information content (AvgIpc) is 3.02. The standard InChI is InChI=1S/C18H18N4O2/c1-13-10-17(18(23)20-12-14-4-3-9-19-11-14)21-22(13)15-5-7-16(24-2)8-6-15/h3-11H,12H2,1-2H3,(H,20,23). The van der Waals surface area contributed by atoms with Crippen molar-refractivity contribution in [3.8, 4) is 11.4 Å². The van der Waals surface area contributed by atoms with Gasteiger partial charge in [-0.05, 0) is 48.9 Å². The normalized spacial score (nSPS) is 10.4. The highest BCUT2D eigenvalue weighted by atomic mass is 16.5. The molecule has 0 aliphatic heterocycles. The van der Waals surface area contributed by atoms with E-state index >= 15 is 0 Å². The second-order valence-corrected chi connectivity index (χ2v) is 5.32. The molecule has 0 saturated heterocycles. The van der Waals surface area contributed by atoms with Crippen LogP contribution in [0.1, 0.15) is 21.7 Å². The zero-order valence-electron chi connectivity index (χ0n) is 13.6. The third-order valence-electron chi connectivity index (χ3n) is 3.61. The lowest BCUT2D eigenvalue weighted by Gasteiger charge is -2.05. The van der Waals surface area contributed by atoms with Gasteiger partial charge in [0.05, 0.1) is 12.8 Å². The zero-order valence-corrected chi connectivity index (χ0v) is 13.6. The smallest absolute Gasteiger partial charge is 0.272 e. The number of hydrogen-bond acceptors (Lipinski definition) is 4. The minimum absolute atomic E-state index is 0.214. The number of methoxy groups -OCH3 is 1. The first kappa shape index (κ1) is 15.7. The average molecular weight is 322 g/mol. The molecular formula is C18H18N4O2. The Morgan fingerprint density at radius 1 is 1.25 bits per heavy atom. The van der Waals surface area contributed by atoms with Gasteiger partial charge >= 0.3 is 0 Å². The monoisotopic (exact) mass is 322 g/mol. The fourth-order valence-corrected chi connectivity index (χ4v) is 2.35. The Kier molecular flexibility index (Phi) is 4.56. The number of aryl methyl sites for hydroxylation is 1. The van der Waals surface area contributed by atoms with Crippen LogP contribution in [0.3, 0.4) is 0 Å². The Hall–Kier alpha value is -3.15. The number of aromatic nitrogens is 3. The summed E-state index contributed by atoms with van der Waals surface area (Å²) in [7, 11) is 1.62. The molecule has 122 valence electrons. The van der Waals surface area contributed by atoms with E-state index in [2.05, 4.69) is 15.4 Å². The first-order valence-electron chi connectivity index (χ1n) is 7.55. The Labute approximate surface area is 140 Å². The molecule has 0 unspecified atom stereocenters. The van der Waals surface area contributed by atoms with Gasteiger partial charge in [-0.15, -0.1) is 0 Å². The molecule has 0 radical (unpaired) electrons. The van der Waals surface area contributed by atoms with Crippen molar-refractivity contribution >= 4 is 5.91 Å². The first-order valence-corrected chi connectivity index (χ1v) is 7.55. The van der Waals surface area contributed by atoms with Crippen LogP contribution in [0.4, 0.5) is 0 Å². The quantitative estimate of drug-likeness (QED) is 0.783. The second kappa shape index (κ2) is 6.95. The van der Waals surface area contributed by atoms with Crippen LogP contribution in [0.2, 0.25) is 0 Å². The number of amides is 1. The van der Waals surface area contributed by atoms with E-state index in [1.165, 1.54) is 0 Å². The van der Waals surface area contributed by atoms with E-state index in [9.17, 15) is 4.79 Å². The van der Waals surface area contributed by atoms with E-state index in [1.54, 1.807) is 30.3 Å².